The highest BCUT2D eigenvalue weighted by atomic mass is 16.5. The van der Waals surface area contributed by atoms with Gasteiger partial charge in [-0.2, -0.15) is 0 Å². The zero-order valence-electron chi connectivity index (χ0n) is 14.3. The Balaban J connectivity index is 1.86. The van der Waals surface area contributed by atoms with Crippen molar-refractivity contribution in [2.45, 2.75) is 11.7 Å². The molecule has 2 atom stereocenters. The topological polar surface area (TPSA) is 55.8 Å². The van der Waals surface area contributed by atoms with Crippen molar-refractivity contribution in [3.63, 3.8) is 0 Å². The zero-order chi connectivity index (χ0) is 18.1. The van der Waals surface area contributed by atoms with E-state index in [1.807, 2.05) is 30.3 Å². The Bertz CT molecular complexity index is 934. The van der Waals surface area contributed by atoms with Crippen LogP contribution in [0.15, 0.2) is 78.9 Å². The predicted octanol–water partition coefficient (Wildman–Crippen LogP) is 3.90. The Kier molecular flexibility index (Phi) is 3.98. The first kappa shape index (κ1) is 16.4. The monoisotopic (exact) mass is 346 g/mol. The van der Waals surface area contributed by atoms with E-state index in [-0.39, 0.29) is 5.78 Å². The van der Waals surface area contributed by atoms with Crippen molar-refractivity contribution < 1.29 is 19.4 Å². The van der Waals surface area contributed by atoms with Crippen LogP contribution >= 0.6 is 0 Å². The lowest BCUT2D eigenvalue weighted by Gasteiger charge is -2.31. The van der Waals surface area contributed by atoms with Crippen molar-refractivity contribution in [3.8, 4) is 11.5 Å². The number of para-hydroxylation sites is 1. The first-order chi connectivity index (χ1) is 12.7. The van der Waals surface area contributed by atoms with Gasteiger partial charge in [0, 0.05) is 16.7 Å². The molecule has 0 bridgehead atoms. The summed E-state index contributed by atoms with van der Waals surface area (Å²) in [6.45, 7) is 0. The van der Waals surface area contributed by atoms with Gasteiger partial charge in [0.05, 0.1) is 7.11 Å². The highest BCUT2D eigenvalue weighted by Gasteiger charge is 2.55. The van der Waals surface area contributed by atoms with Gasteiger partial charge in [-0.15, -0.1) is 0 Å². The van der Waals surface area contributed by atoms with Crippen molar-refractivity contribution >= 4 is 5.78 Å². The molecular formula is C22H18O4. The number of rotatable bonds is 4. The number of Topliss-reactive ketones (excluding diaryl/α,β-unsaturated/α-hetero) is 1. The third kappa shape index (κ3) is 2.38. The number of hydrogen-bond donors (Lipinski definition) is 1. The molecule has 1 heterocycles. The van der Waals surface area contributed by atoms with E-state index in [1.165, 1.54) is 0 Å². The SMILES string of the molecule is COc1ccc(C(=O)C2(c3ccccc3)Oc3ccccc3C2O)cc1. The summed E-state index contributed by atoms with van der Waals surface area (Å²) in [6, 6.07) is 23.1. The van der Waals surface area contributed by atoms with Crippen molar-refractivity contribution in [2.75, 3.05) is 7.11 Å². The summed E-state index contributed by atoms with van der Waals surface area (Å²) in [5.41, 5.74) is 0.156. The van der Waals surface area contributed by atoms with E-state index in [1.54, 1.807) is 55.6 Å². The number of carbonyl (C=O) groups excluding carboxylic acids is 1. The Morgan fingerprint density at radius 1 is 0.962 bits per heavy atom. The van der Waals surface area contributed by atoms with Crippen LogP contribution in [0.4, 0.5) is 0 Å². The number of ketones is 1. The summed E-state index contributed by atoms with van der Waals surface area (Å²) < 4.78 is 11.3. The molecule has 4 heteroatoms. The molecule has 0 radical (unpaired) electrons. The van der Waals surface area contributed by atoms with Gasteiger partial charge in [-0.25, -0.2) is 0 Å². The summed E-state index contributed by atoms with van der Waals surface area (Å²) in [6.07, 6.45) is -1.10. The lowest BCUT2D eigenvalue weighted by Crippen LogP contribution is -2.43. The van der Waals surface area contributed by atoms with Crippen molar-refractivity contribution in [3.05, 3.63) is 95.6 Å². The predicted molar refractivity (Wildman–Crippen MR) is 97.5 cm³/mol. The van der Waals surface area contributed by atoms with Crippen LogP contribution in [0.1, 0.15) is 27.6 Å². The minimum Gasteiger partial charge on any atom is -0.497 e. The molecule has 1 aliphatic rings. The van der Waals surface area contributed by atoms with E-state index in [0.29, 0.717) is 28.2 Å². The molecule has 0 saturated heterocycles. The molecule has 0 aromatic heterocycles. The van der Waals surface area contributed by atoms with Gasteiger partial charge in [0.15, 0.2) is 0 Å². The van der Waals surface area contributed by atoms with Crippen LogP contribution in [0.5, 0.6) is 11.5 Å². The minimum atomic E-state index is -1.51. The van der Waals surface area contributed by atoms with E-state index in [0.717, 1.165) is 0 Å². The van der Waals surface area contributed by atoms with Crippen molar-refractivity contribution in [2.24, 2.45) is 0 Å². The number of aliphatic hydroxyl groups excluding tert-OH is 1. The van der Waals surface area contributed by atoms with Crippen molar-refractivity contribution in [1.29, 1.82) is 0 Å². The van der Waals surface area contributed by atoms with Gasteiger partial charge in [-0.1, -0.05) is 48.5 Å². The van der Waals surface area contributed by atoms with Gasteiger partial charge in [0.25, 0.3) is 0 Å². The van der Waals surface area contributed by atoms with Gasteiger partial charge in [0.2, 0.25) is 11.4 Å². The summed E-state index contributed by atoms with van der Waals surface area (Å²) >= 11 is 0. The summed E-state index contributed by atoms with van der Waals surface area (Å²) in [5.74, 6) is 0.882. The fraction of sp³-hybridized carbons (Fsp3) is 0.136. The molecular weight excluding hydrogens is 328 g/mol. The van der Waals surface area contributed by atoms with E-state index in [4.69, 9.17) is 9.47 Å². The first-order valence-corrected chi connectivity index (χ1v) is 8.37. The molecule has 0 saturated carbocycles. The lowest BCUT2D eigenvalue weighted by molar-refractivity contribution is -0.0153. The molecule has 3 aromatic carbocycles. The zero-order valence-corrected chi connectivity index (χ0v) is 14.3. The molecule has 1 N–H and O–H groups in total. The van der Waals surface area contributed by atoms with Crippen LogP contribution in [0.25, 0.3) is 0 Å². The summed E-state index contributed by atoms with van der Waals surface area (Å²) in [4.78, 5) is 13.5. The number of benzene rings is 3. The van der Waals surface area contributed by atoms with Crippen LogP contribution < -0.4 is 9.47 Å². The lowest BCUT2D eigenvalue weighted by atomic mass is 9.80. The van der Waals surface area contributed by atoms with Crippen molar-refractivity contribution in [1.82, 2.24) is 0 Å². The standard InChI is InChI=1S/C22H18O4/c1-25-17-13-11-15(12-14-17)20(23)22(16-7-3-2-4-8-16)21(24)18-9-5-6-10-19(18)26-22/h2-14,21,24H,1H3. The van der Waals surface area contributed by atoms with Crippen LogP contribution in [0.2, 0.25) is 0 Å². The molecule has 0 spiro atoms. The van der Waals surface area contributed by atoms with Gasteiger partial charge in [-0.3, -0.25) is 4.79 Å². The molecule has 0 amide bonds. The molecule has 0 aliphatic carbocycles. The fourth-order valence-corrected chi connectivity index (χ4v) is 3.41. The number of hydrogen-bond acceptors (Lipinski definition) is 4. The van der Waals surface area contributed by atoms with Crippen LogP contribution in [0, 0.1) is 0 Å². The quantitative estimate of drug-likeness (QED) is 0.728. The number of methoxy groups -OCH3 is 1. The average Bonchev–Trinajstić information content (AvgIpc) is 3.02. The maximum Gasteiger partial charge on any atom is 0.226 e. The summed E-state index contributed by atoms with van der Waals surface area (Å²) in [5, 5.41) is 11.1. The first-order valence-electron chi connectivity index (χ1n) is 8.37. The maximum atomic E-state index is 13.5. The van der Waals surface area contributed by atoms with Crippen LogP contribution in [0.3, 0.4) is 0 Å². The number of ether oxygens (including phenoxy) is 2. The van der Waals surface area contributed by atoms with Crippen LogP contribution in [-0.2, 0) is 5.60 Å². The average molecular weight is 346 g/mol. The van der Waals surface area contributed by atoms with Crippen LogP contribution in [-0.4, -0.2) is 18.0 Å². The second kappa shape index (κ2) is 6.32. The number of aliphatic hydroxyl groups is 1. The van der Waals surface area contributed by atoms with Gasteiger partial charge in [-0.05, 0) is 30.3 Å². The van der Waals surface area contributed by atoms with E-state index >= 15 is 0 Å². The Morgan fingerprint density at radius 2 is 1.62 bits per heavy atom. The second-order valence-corrected chi connectivity index (χ2v) is 6.20. The van der Waals surface area contributed by atoms with Gasteiger partial charge >= 0.3 is 0 Å². The molecule has 4 nitrogen and oxygen atoms in total. The fourth-order valence-electron chi connectivity index (χ4n) is 3.41. The number of carbonyl (C=O) groups is 1. The Labute approximate surface area is 151 Å². The molecule has 0 fully saturated rings. The third-order valence-corrected chi connectivity index (χ3v) is 4.76. The third-order valence-electron chi connectivity index (χ3n) is 4.76. The van der Waals surface area contributed by atoms with E-state index in [9.17, 15) is 9.90 Å². The maximum absolute atomic E-state index is 13.5. The minimum absolute atomic E-state index is 0.296. The van der Waals surface area contributed by atoms with Gasteiger partial charge < -0.3 is 14.6 Å². The normalized spacial score (nSPS) is 20.9. The highest BCUT2D eigenvalue weighted by Crippen LogP contribution is 2.50. The molecule has 3 aromatic rings. The van der Waals surface area contributed by atoms with Gasteiger partial charge in [0.1, 0.15) is 17.6 Å². The second-order valence-electron chi connectivity index (χ2n) is 6.20. The highest BCUT2D eigenvalue weighted by molar-refractivity contribution is 6.04. The molecule has 4 rings (SSSR count). The summed E-state index contributed by atoms with van der Waals surface area (Å²) in [7, 11) is 1.57. The molecule has 1 aliphatic heterocycles. The largest absolute Gasteiger partial charge is 0.497 e. The van der Waals surface area contributed by atoms with E-state index < -0.39 is 11.7 Å². The molecule has 130 valence electrons. The number of fused-ring (bicyclic) bond motifs is 1. The van der Waals surface area contributed by atoms with E-state index in [2.05, 4.69) is 0 Å². The molecule has 26 heavy (non-hydrogen) atoms. The smallest absolute Gasteiger partial charge is 0.226 e. The Morgan fingerprint density at radius 3 is 2.27 bits per heavy atom. The molecule has 2 unspecified atom stereocenters. The Hall–Kier alpha value is -3.11.